The van der Waals surface area contributed by atoms with Crippen LogP contribution in [0.15, 0.2) is 23.4 Å². The zero-order valence-electron chi connectivity index (χ0n) is 10.5. The largest absolute Gasteiger partial charge is 0.409 e. The lowest BCUT2D eigenvalue weighted by Gasteiger charge is -2.27. The van der Waals surface area contributed by atoms with Gasteiger partial charge in [0, 0.05) is 30.2 Å². The molecule has 6 nitrogen and oxygen atoms in total. The summed E-state index contributed by atoms with van der Waals surface area (Å²) >= 11 is 6.17. The van der Waals surface area contributed by atoms with Crippen molar-refractivity contribution in [3.05, 3.63) is 34.3 Å². The molecule has 7 heteroatoms. The van der Waals surface area contributed by atoms with Crippen LogP contribution in [0.5, 0.6) is 0 Å². The van der Waals surface area contributed by atoms with Crippen molar-refractivity contribution in [1.82, 2.24) is 10.4 Å². The topological polar surface area (TPSA) is 83.1 Å². The molecule has 1 aromatic rings. The molecule has 0 aromatic heterocycles. The molecule has 104 valence electrons. The molecular formula is C12H17ClN4O2. The van der Waals surface area contributed by atoms with Gasteiger partial charge in [-0.15, -0.1) is 0 Å². The van der Waals surface area contributed by atoms with E-state index in [0.717, 1.165) is 31.9 Å². The number of hydrazine groups is 1. The van der Waals surface area contributed by atoms with E-state index in [0.29, 0.717) is 17.1 Å². The summed E-state index contributed by atoms with van der Waals surface area (Å²) in [5, 5.41) is 14.3. The van der Waals surface area contributed by atoms with E-state index in [2.05, 4.69) is 15.6 Å². The van der Waals surface area contributed by atoms with Crippen LogP contribution in [0.3, 0.4) is 0 Å². The number of halogens is 1. The van der Waals surface area contributed by atoms with Crippen molar-refractivity contribution >= 4 is 17.4 Å². The van der Waals surface area contributed by atoms with Gasteiger partial charge in [0.2, 0.25) is 0 Å². The van der Waals surface area contributed by atoms with Crippen LogP contribution in [0.1, 0.15) is 11.1 Å². The normalized spacial score (nSPS) is 17.6. The quantitative estimate of drug-likeness (QED) is 0.329. The van der Waals surface area contributed by atoms with Crippen LogP contribution >= 0.6 is 11.6 Å². The molecule has 4 N–H and O–H groups in total. The van der Waals surface area contributed by atoms with Gasteiger partial charge in [0.25, 0.3) is 0 Å². The van der Waals surface area contributed by atoms with Crippen LogP contribution in [0, 0.1) is 0 Å². The van der Waals surface area contributed by atoms with Crippen molar-refractivity contribution in [3.8, 4) is 0 Å². The number of ether oxygens (including phenoxy) is 1. The number of benzene rings is 1. The van der Waals surface area contributed by atoms with Gasteiger partial charge in [0.15, 0.2) is 5.84 Å². The summed E-state index contributed by atoms with van der Waals surface area (Å²) in [6, 6.07) is 5.33. The van der Waals surface area contributed by atoms with Crippen molar-refractivity contribution in [1.29, 1.82) is 0 Å². The lowest BCUT2D eigenvalue weighted by atomic mass is 10.1. The molecule has 1 saturated heterocycles. The molecule has 19 heavy (non-hydrogen) atoms. The van der Waals surface area contributed by atoms with Gasteiger partial charge in [-0.2, -0.15) is 0 Å². The second-order valence-electron chi connectivity index (χ2n) is 4.23. The summed E-state index contributed by atoms with van der Waals surface area (Å²) < 4.78 is 5.27. The molecule has 1 aliphatic heterocycles. The Morgan fingerprint density at radius 3 is 2.84 bits per heavy atom. The molecule has 0 bridgehead atoms. The zero-order chi connectivity index (χ0) is 13.7. The third-order valence-electron chi connectivity index (χ3n) is 2.96. The number of hydrogen-bond acceptors (Lipinski definition) is 5. The fourth-order valence-corrected chi connectivity index (χ4v) is 2.07. The van der Waals surface area contributed by atoms with Gasteiger partial charge >= 0.3 is 0 Å². The standard InChI is InChI=1S/C12H17ClN4O2/c13-11-7-9(12(14)16-18)1-2-10(11)8-15-17-3-5-19-6-4-17/h1-2,7,15,18H,3-6,8H2,(H2,14,16). The predicted molar refractivity (Wildman–Crippen MR) is 73.2 cm³/mol. The van der Waals surface area contributed by atoms with E-state index in [-0.39, 0.29) is 5.84 Å². The van der Waals surface area contributed by atoms with Gasteiger partial charge in [-0.05, 0) is 11.6 Å². The summed E-state index contributed by atoms with van der Waals surface area (Å²) in [4.78, 5) is 0. The number of oxime groups is 1. The second-order valence-corrected chi connectivity index (χ2v) is 4.63. The Morgan fingerprint density at radius 2 is 2.21 bits per heavy atom. The number of hydrogen-bond donors (Lipinski definition) is 3. The molecule has 0 aliphatic carbocycles. The third kappa shape index (κ3) is 3.81. The number of amidine groups is 1. The number of rotatable bonds is 4. The first kappa shape index (κ1) is 14.1. The van der Waals surface area contributed by atoms with Gasteiger partial charge in [0.05, 0.1) is 13.2 Å². The average molecular weight is 285 g/mol. The van der Waals surface area contributed by atoms with Gasteiger partial charge in [-0.1, -0.05) is 28.9 Å². The minimum Gasteiger partial charge on any atom is -0.409 e. The number of nitrogens with two attached hydrogens (primary N) is 1. The SMILES string of the molecule is N/C(=N/O)c1ccc(CNN2CCOCC2)c(Cl)c1. The van der Waals surface area contributed by atoms with Gasteiger partial charge < -0.3 is 15.7 Å². The molecule has 1 aliphatic rings. The molecule has 1 heterocycles. The second kappa shape index (κ2) is 6.72. The van der Waals surface area contributed by atoms with Crippen molar-refractivity contribution < 1.29 is 9.94 Å². The van der Waals surface area contributed by atoms with E-state index < -0.39 is 0 Å². The Bertz CT molecular complexity index is 461. The Labute approximate surface area is 116 Å². The van der Waals surface area contributed by atoms with Crippen molar-refractivity contribution in [2.75, 3.05) is 26.3 Å². The van der Waals surface area contributed by atoms with E-state index in [9.17, 15) is 0 Å². The maximum atomic E-state index is 8.61. The summed E-state index contributed by atoms with van der Waals surface area (Å²) in [6.07, 6.45) is 0. The monoisotopic (exact) mass is 284 g/mol. The van der Waals surface area contributed by atoms with Gasteiger partial charge in [0.1, 0.15) is 0 Å². The molecule has 1 aromatic carbocycles. The zero-order valence-corrected chi connectivity index (χ0v) is 11.2. The smallest absolute Gasteiger partial charge is 0.170 e. The summed E-state index contributed by atoms with van der Waals surface area (Å²) in [6.45, 7) is 3.83. The Hall–Kier alpha value is -1.34. The highest BCUT2D eigenvalue weighted by molar-refractivity contribution is 6.31. The van der Waals surface area contributed by atoms with Crippen LogP contribution in [0.4, 0.5) is 0 Å². The number of morpholine rings is 1. The van der Waals surface area contributed by atoms with Crippen LogP contribution in [0.25, 0.3) is 0 Å². The average Bonchev–Trinajstić information content (AvgIpc) is 2.46. The maximum Gasteiger partial charge on any atom is 0.170 e. The minimum atomic E-state index is 0.0505. The van der Waals surface area contributed by atoms with Crippen molar-refractivity contribution in [2.45, 2.75) is 6.54 Å². The lowest BCUT2D eigenvalue weighted by Crippen LogP contribution is -2.45. The predicted octanol–water partition coefficient (Wildman–Crippen LogP) is 0.771. The van der Waals surface area contributed by atoms with E-state index >= 15 is 0 Å². The van der Waals surface area contributed by atoms with Crippen LogP contribution in [-0.4, -0.2) is 42.4 Å². The first-order valence-corrected chi connectivity index (χ1v) is 6.41. The number of nitrogens with zero attached hydrogens (tertiary/aromatic N) is 2. The van der Waals surface area contributed by atoms with Crippen LogP contribution in [-0.2, 0) is 11.3 Å². The van der Waals surface area contributed by atoms with Gasteiger partial charge in [-0.25, -0.2) is 5.01 Å². The van der Waals surface area contributed by atoms with Crippen LogP contribution in [0.2, 0.25) is 5.02 Å². The first-order valence-electron chi connectivity index (χ1n) is 6.03. The van der Waals surface area contributed by atoms with E-state index in [4.69, 9.17) is 27.3 Å². The Kier molecular flexibility index (Phi) is 4.98. The fourth-order valence-electron chi connectivity index (χ4n) is 1.83. The third-order valence-corrected chi connectivity index (χ3v) is 3.31. The molecule has 0 radical (unpaired) electrons. The molecular weight excluding hydrogens is 268 g/mol. The molecule has 0 amide bonds. The maximum absolute atomic E-state index is 8.61. The molecule has 1 fully saturated rings. The summed E-state index contributed by atoms with van der Waals surface area (Å²) in [7, 11) is 0. The molecule has 2 rings (SSSR count). The lowest BCUT2D eigenvalue weighted by molar-refractivity contribution is 0.0106. The Balaban J connectivity index is 1.97. The highest BCUT2D eigenvalue weighted by Crippen LogP contribution is 2.18. The van der Waals surface area contributed by atoms with Crippen molar-refractivity contribution in [3.63, 3.8) is 0 Å². The van der Waals surface area contributed by atoms with E-state index in [1.54, 1.807) is 12.1 Å². The van der Waals surface area contributed by atoms with E-state index in [1.165, 1.54) is 0 Å². The minimum absolute atomic E-state index is 0.0505. The molecule has 0 unspecified atom stereocenters. The van der Waals surface area contributed by atoms with Gasteiger partial charge in [-0.3, -0.25) is 5.43 Å². The van der Waals surface area contributed by atoms with E-state index in [1.807, 2.05) is 6.07 Å². The summed E-state index contributed by atoms with van der Waals surface area (Å²) in [5.74, 6) is 0.0505. The summed E-state index contributed by atoms with van der Waals surface area (Å²) in [5.41, 5.74) is 10.4. The van der Waals surface area contributed by atoms with Crippen molar-refractivity contribution in [2.24, 2.45) is 10.9 Å². The number of nitrogens with one attached hydrogen (secondary N) is 1. The first-order chi connectivity index (χ1) is 9.20. The van der Waals surface area contributed by atoms with Crippen LogP contribution < -0.4 is 11.2 Å². The Morgan fingerprint density at radius 1 is 1.47 bits per heavy atom. The molecule has 0 saturated carbocycles. The molecule has 0 atom stereocenters. The molecule has 0 spiro atoms. The highest BCUT2D eigenvalue weighted by Gasteiger charge is 2.11. The fraction of sp³-hybridized carbons (Fsp3) is 0.417. The highest BCUT2D eigenvalue weighted by atomic mass is 35.5.